The maximum atomic E-state index is 6.10. The Labute approximate surface area is 170 Å². The smallest absolute Gasteiger partial charge is 0.146 e. The minimum absolute atomic E-state index is 0.113. The van der Waals surface area contributed by atoms with Crippen LogP contribution in [0.25, 0.3) is 0 Å². The minimum atomic E-state index is 0.113. The Hall–Kier alpha value is -0.320. The lowest BCUT2D eigenvalue weighted by Crippen LogP contribution is -2.55. The number of rotatable bonds is 7. The van der Waals surface area contributed by atoms with Gasteiger partial charge in [0.25, 0.3) is 0 Å². The zero-order valence-electron chi connectivity index (χ0n) is 17.7. The van der Waals surface area contributed by atoms with Crippen LogP contribution in [-0.4, -0.2) is 93.9 Å². The van der Waals surface area contributed by atoms with E-state index in [1.165, 1.54) is 51.7 Å². The van der Waals surface area contributed by atoms with Gasteiger partial charge in [-0.15, -0.1) is 0 Å². The summed E-state index contributed by atoms with van der Waals surface area (Å²) in [5.74, 6) is 0.574. The topological polar surface area (TPSA) is 73.1 Å². The van der Waals surface area contributed by atoms with Crippen LogP contribution in [0.5, 0.6) is 0 Å². The Morgan fingerprint density at radius 3 is 2.82 bits per heavy atom. The van der Waals surface area contributed by atoms with Gasteiger partial charge < -0.3 is 15.0 Å². The van der Waals surface area contributed by atoms with Crippen molar-refractivity contribution in [3.63, 3.8) is 0 Å². The molecule has 0 aromatic heterocycles. The van der Waals surface area contributed by atoms with Crippen LogP contribution >= 0.6 is 0 Å². The number of likely N-dealkylation sites (tertiary alicyclic amines) is 2. The highest BCUT2D eigenvalue weighted by atomic mass is 16.7. The molecule has 0 aromatic carbocycles. The number of hydrogen-bond acceptors (Lipinski definition) is 8. The van der Waals surface area contributed by atoms with Crippen LogP contribution in [0, 0.1) is 5.92 Å². The molecule has 0 radical (unpaired) electrons. The van der Waals surface area contributed by atoms with Crippen molar-refractivity contribution >= 4 is 0 Å². The van der Waals surface area contributed by atoms with E-state index in [2.05, 4.69) is 38.3 Å². The highest BCUT2D eigenvalue weighted by Gasteiger charge is 2.42. The lowest BCUT2D eigenvalue weighted by Gasteiger charge is -2.39. The molecule has 5 unspecified atom stereocenters. The molecule has 162 valence electrons. The summed E-state index contributed by atoms with van der Waals surface area (Å²) in [4.78, 5) is 11.3. The van der Waals surface area contributed by atoms with Gasteiger partial charge in [-0.1, -0.05) is 0 Å². The largest absolute Gasteiger partial charge is 0.383 e. The first kappa shape index (κ1) is 20.9. The van der Waals surface area contributed by atoms with Gasteiger partial charge in [0, 0.05) is 19.7 Å². The average Bonchev–Trinajstić information content (AvgIpc) is 3.38. The van der Waals surface area contributed by atoms with Crippen molar-refractivity contribution in [2.75, 3.05) is 53.5 Å². The normalized spacial score (nSPS) is 39.0. The Morgan fingerprint density at radius 1 is 1.14 bits per heavy atom. The van der Waals surface area contributed by atoms with E-state index in [0.717, 1.165) is 32.2 Å². The van der Waals surface area contributed by atoms with E-state index in [1.807, 2.05) is 0 Å². The van der Waals surface area contributed by atoms with Crippen molar-refractivity contribution < 1.29 is 9.57 Å². The van der Waals surface area contributed by atoms with Crippen LogP contribution in [-0.2, 0) is 9.57 Å². The van der Waals surface area contributed by atoms with Crippen molar-refractivity contribution in [1.82, 2.24) is 31.2 Å². The third kappa shape index (κ3) is 5.05. The fraction of sp³-hybridized carbons (Fsp3) is 1.00. The number of nitrogens with zero attached hydrogens (tertiary/aromatic N) is 2. The Kier molecular flexibility index (Phi) is 7.57. The van der Waals surface area contributed by atoms with Gasteiger partial charge in [0.1, 0.15) is 6.23 Å². The van der Waals surface area contributed by atoms with Crippen LogP contribution in [0.15, 0.2) is 0 Å². The van der Waals surface area contributed by atoms with Crippen LogP contribution in [0.1, 0.15) is 38.5 Å². The monoisotopic (exact) mass is 396 g/mol. The van der Waals surface area contributed by atoms with E-state index in [4.69, 9.17) is 9.57 Å². The minimum Gasteiger partial charge on any atom is -0.383 e. The molecule has 8 nitrogen and oxygen atoms in total. The summed E-state index contributed by atoms with van der Waals surface area (Å²) in [5.41, 5.74) is 3.35. The number of piperidine rings is 2. The second-order valence-electron chi connectivity index (χ2n) is 9.02. The molecular weight excluding hydrogens is 356 g/mol. The average molecular weight is 397 g/mol. The molecule has 0 saturated carbocycles. The van der Waals surface area contributed by atoms with Gasteiger partial charge in [0.2, 0.25) is 0 Å². The zero-order chi connectivity index (χ0) is 19.3. The van der Waals surface area contributed by atoms with E-state index in [1.54, 1.807) is 7.11 Å². The summed E-state index contributed by atoms with van der Waals surface area (Å²) < 4.78 is 5.15. The van der Waals surface area contributed by atoms with E-state index >= 15 is 0 Å². The van der Waals surface area contributed by atoms with Crippen LogP contribution in [0.2, 0.25) is 0 Å². The lowest BCUT2D eigenvalue weighted by atomic mass is 9.92. The van der Waals surface area contributed by atoms with Crippen molar-refractivity contribution in [3.05, 3.63) is 0 Å². The predicted molar refractivity (Wildman–Crippen MR) is 110 cm³/mol. The zero-order valence-corrected chi connectivity index (χ0v) is 17.7. The first-order chi connectivity index (χ1) is 13.7. The molecule has 4 aliphatic rings. The SMILES string of the molecule is COCCNC1CC(C2NOC(C3CCCN3C3CCN(C)CC3)N2)CCN1. The second-order valence-corrected chi connectivity index (χ2v) is 9.02. The van der Waals surface area contributed by atoms with Crippen molar-refractivity contribution in [3.8, 4) is 0 Å². The van der Waals surface area contributed by atoms with Crippen LogP contribution in [0.3, 0.4) is 0 Å². The number of methoxy groups -OCH3 is 1. The number of hydroxylamine groups is 1. The molecule has 4 saturated heterocycles. The molecule has 5 atom stereocenters. The molecule has 28 heavy (non-hydrogen) atoms. The standard InChI is InChI=1S/C20H40N6O2/c1-25-11-6-16(7-12-25)26-10-3-4-17(26)20-23-19(24-28-20)15-5-8-21-18(14-15)22-9-13-27-2/h15-24H,3-14H2,1-2H3. The molecule has 0 aromatic rings. The van der Waals surface area contributed by atoms with Crippen molar-refractivity contribution in [1.29, 1.82) is 0 Å². The van der Waals surface area contributed by atoms with Gasteiger partial charge >= 0.3 is 0 Å². The Balaban J connectivity index is 1.27. The summed E-state index contributed by atoms with van der Waals surface area (Å²) >= 11 is 0. The summed E-state index contributed by atoms with van der Waals surface area (Å²) in [6.45, 7) is 6.36. The van der Waals surface area contributed by atoms with Gasteiger partial charge in [-0.3, -0.25) is 20.4 Å². The summed E-state index contributed by atoms with van der Waals surface area (Å²) in [6, 6.07) is 1.23. The maximum Gasteiger partial charge on any atom is 0.146 e. The summed E-state index contributed by atoms with van der Waals surface area (Å²) in [5, 5.41) is 10.9. The van der Waals surface area contributed by atoms with Gasteiger partial charge in [-0.25, -0.2) is 0 Å². The molecule has 0 bridgehead atoms. The molecule has 4 aliphatic heterocycles. The van der Waals surface area contributed by atoms with E-state index < -0.39 is 0 Å². The summed E-state index contributed by atoms with van der Waals surface area (Å²) in [6.07, 6.45) is 8.12. The molecular formula is C20H40N6O2. The van der Waals surface area contributed by atoms with Crippen LogP contribution < -0.4 is 21.4 Å². The fourth-order valence-electron chi connectivity index (χ4n) is 5.47. The van der Waals surface area contributed by atoms with Crippen LogP contribution in [0.4, 0.5) is 0 Å². The Bertz CT molecular complexity index is 476. The first-order valence-electron chi connectivity index (χ1n) is 11.3. The fourth-order valence-corrected chi connectivity index (χ4v) is 5.47. The molecule has 4 heterocycles. The van der Waals surface area contributed by atoms with Gasteiger partial charge in [0.05, 0.1) is 25.0 Å². The van der Waals surface area contributed by atoms with E-state index in [-0.39, 0.29) is 12.4 Å². The first-order valence-corrected chi connectivity index (χ1v) is 11.3. The molecule has 0 amide bonds. The van der Waals surface area contributed by atoms with Gasteiger partial charge in [0.15, 0.2) is 0 Å². The lowest BCUT2D eigenvalue weighted by molar-refractivity contribution is -0.0374. The highest BCUT2D eigenvalue weighted by Crippen LogP contribution is 2.30. The molecule has 0 spiro atoms. The molecule has 8 heteroatoms. The van der Waals surface area contributed by atoms with Gasteiger partial charge in [-0.05, 0) is 77.7 Å². The molecule has 4 rings (SSSR count). The highest BCUT2D eigenvalue weighted by molar-refractivity contribution is 4.94. The van der Waals surface area contributed by atoms with Gasteiger partial charge in [-0.2, -0.15) is 5.48 Å². The molecule has 0 aliphatic carbocycles. The summed E-state index contributed by atoms with van der Waals surface area (Å²) in [7, 11) is 3.99. The van der Waals surface area contributed by atoms with E-state index in [9.17, 15) is 0 Å². The third-order valence-corrected chi connectivity index (χ3v) is 7.13. The molecule has 4 fully saturated rings. The maximum absolute atomic E-state index is 6.10. The quantitative estimate of drug-likeness (QED) is 0.444. The number of ether oxygens (including phenoxy) is 1. The second kappa shape index (κ2) is 10.1. The number of nitrogens with one attached hydrogen (secondary N) is 4. The van der Waals surface area contributed by atoms with Crippen molar-refractivity contribution in [2.24, 2.45) is 5.92 Å². The predicted octanol–water partition coefficient (Wildman–Crippen LogP) is -0.117. The molecule has 4 N–H and O–H groups in total. The number of hydrogen-bond donors (Lipinski definition) is 4. The van der Waals surface area contributed by atoms with E-state index in [0.29, 0.717) is 18.1 Å². The van der Waals surface area contributed by atoms with Crippen molar-refractivity contribution in [2.45, 2.75) is 69.2 Å². The Morgan fingerprint density at radius 2 is 2.00 bits per heavy atom. The third-order valence-electron chi connectivity index (χ3n) is 7.13.